The van der Waals surface area contributed by atoms with Crippen molar-refractivity contribution in [1.82, 2.24) is 4.90 Å². The molecule has 0 fully saturated rings. The molecule has 16 heavy (non-hydrogen) atoms. The molecule has 0 aliphatic heterocycles. The Balaban J connectivity index is 2.60. The van der Waals surface area contributed by atoms with E-state index >= 15 is 0 Å². The topological polar surface area (TPSA) is 26.7 Å². The molecule has 1 N–H and O–H groups in total. The van der Waals surface area contributed by atoms with E-state index in [9.17, 15) is 0 Å². The SMILES string of the molecule is CCN(CCO)Cc1ccc(N(C)C)cc1. The normalized spacial score (nSPS) is 10.8. The van der Waals surface area contributed by atoms with Gasteiger partial charge in [-0.15, -0.1) is 0 Å². The number of nitrogens with zero attached hydrogens (tertiary/aromatic N) is 2. The van der Waals surface area contributed by atoms with Crippen LogP contribution in [0, 0.1) is 0 Å². The Morgan fingerprint density at radius 2 is 1.75 bits per heavy atom. The Labute approximate surface area is 98.3 Å². The van der Waals surface area contributed by atoms with E-state index in [4.69, 9.17) is 5.11 Å². The van der Waals surface area contributed by atoms with E-state index < -0.39 is 0 Å². The highest BCUT2D eigenvalue weighted by Crippen LogP contribution is 2.13. The summed E-state index contributed by atoms with van der Waals surface area (Å²) in [6.45, 7) is 4.96. The second-order valence-corrected chi connectivity index (χ2v) is 4.15. The van der Waals surface area contributed by atoms with E-state index in [0.717, 1.165) is 19.6 Å². The molecular formula is C13H22N2O. The molecule has 90 valence electrons. The Morgan fingerprint density at radius 1 is 1.12 bits per heavy atom. The van der Waals surface area contributed by atoms with Crippen molar-refractivity contribution < 1.29 is 5.11 Å². The summed E-state index contributed by atoms with van der Waals surface area (Å²) in [5, 5.41) is 8.91. The molecule has 0 spiro atoms. The van der Waals surface area contributed by atoms with Crippen LogP contribution in [0.2, 0.25) is 0 Å². The number of anilines is 1. The van der Waals surface area contributed by atoms with Gasteiger partial charge in [0.1, 0.15) is 0 Å². The Kier molecular flexibility index (Phi) is 5.29. The molecule has 1 aromatic carbocycles. The van der Waals surface area contributed by atoms with E-state index in [0.29, 0.717) is 0 Å². The quantitative estimate of drug-likeness (QED) is 0.791. The van der Waals surface area contributed by atoms with Gasteiger partial charge in [0.25, 0.3) is 0 Å². The maximum atomic E-state index is 8.91. The molecule has 0 aliphatic carbocycles. The van der Waals surface area contributed by atoms with Crippen LogP contribution in [0.1, 0.15) is 12.5 Å². The van der Waals surface area contributed by atoms with Gasteiger partial charge in [0.05, 0.1) is 6.61 Å². The lowest BCUT2D eigenvalue weighted by molar-refractivity contribution is 0.197. The van der Waals surface area contributed by atoms with Crippen LogP contribution in [-0.4, -0.2) is 43.8 Å². The summed E-state index contributed by atoms with van der Waals surface area (Å²) >= 11 is 0. The predicted octanol–water partition coefficient (Wildman–Crippen LogP) is 1.57. The van der Waals surface area contributed by atoms with Gasteiger partial charge in [-0.2, -0.15) is 0 Å². The molecule has 0 heterocycles. The molecule has 1 rings (SSSR count). The molecule has 0 saturated carbocycles. The fraction of sp³-hybridized carbons (Fsp3) is 0.538. The van der Waals surface area contributed by atoms with Crippen LogP contribution >= 0.6 is 0 Å². The average Bonchev–Trinajstić information content (AvgIpc) is 2.29. The van der Waals surface area contributed by atoms with Gasteiger partial charge in [-0.25, -0.2) is 0 Å². The van der Waals surface area contributed by atoms with Crippen LogP contribution in [-0.2, 0) is 6.54 Å². The number of rotatable bonds is 6. The first-order valence-corrected chi connectivity index (χ1v) is 5.76. The Hall–Kier alpha value is -1.06. The largest absolute Gasteiger partial charge is 0.395 e. The molecule has 1 aromatic rings. The lowest BCUT2D eigenvalue weighted by Gasteiger charge is -2.19. The van der Waals surface area contributed by atoms with Gasteiger partial charge >= 0.3 is 0 Å². The first-order valence-electron chi connectivity index (χ1n) is 5.76. The van der Waals surface area contributed by atoms with Crippen molar-refractivity contribution in [2.45, 2.75) is 13.5 Å². The van der Waals surface area contributed by atoms with Crippen molar-refractivity contribution in [3.05, 3.63) is 29.8 Å². The smallest absolute Gasteiger partial charge is 0.0558 e. The third-order valence-corrected chi connectivity index (χ3v) is 2.72. The number of likely N-dealkylation sites (N-methyl/N-ethyl adjacent to an activating group) is 1. The second-order valence-electron chi connectivity index (χ2n) is 4.15. The molecule has 0 atom stereocenters. The molecule has 0 unspecified atom stereocenters. The number of aliphatic hydroxyl groups is 1. The fourth-order valence-electron chi connectivity index (χ4n) is 1.65. The van der Waals surface area contributed by atoms with Crippen LogP contribution in [0.25, 0.3) is 0 Å². The lowest BCUT2D eigenvalue weighted by atomic mass is 10.2. The van der Waals surface area contributed by atoms with Gasteiger partial charge in [0, 0.05) is 32.9 Å². The number of benzene rings is 1. The summed E-state index contributed by atoms with van der Waals surface area (Å²) in [5.74, 6) is 0. The van der Waals surface area contributed by atoms with Crippen LogP contribution in [0.5, 0.6) is 0 Å². The third-order valence-electron chi connectivity index (χ3n) is 2.72. The van der Waals surface area contributed by atoms with Crippen molar-refractivity contribution in [3.8, 4) is 0 Å². The number of aliphatic hydroxyl groups excluding tert-OH is 1. The van der Waals surface area contributed by atoms with Crippen molar-refractivity contribution in [3.63, 3.8) is 0 Å². The van der Waals surface area contributed by atoms with Crippen LogP contribution in [0.3, 0.4) is 0 Å². The Morgan fingerprint density at radius 3 is 2.19 bits per heavy atom. The van der Waals surface area contributed by atoms with Crippen LogP contribution in [0.15, 0.2) is 24.3 Å². The van der Waals surface area contributed by atoms with Gasteiger partial charge in [-0.1, -0.05) is 19.1 Å². The second kappa shape index (κ2) is 6.51. The fourth-order valence-corrected chi connectivity index (χ4v) is 1.65. The molecule has 0 bridgehead atoms. The minimum atomic E-state index is 0.226. The standard InChI is InChI=1S/C13H22N2O/c1-4-15(9-10-16)11-12-5-7-13(8-6-12)14(2)3/h5-8,16H,4,9-11H2,1-3H3. The van der Waals surface area contributed by atoms with Gasteiger partial charge in [0.15, 0.2) is 0 Å². The molecule has 0 aromatic heterocycles. The van der Waals surface area contributed by atoms with Crippen molar-refractivity contribution in [2.24, 2.45) is 0 Å². The summed E-state index contributed by atoms with van der Waals surface area (Å²) in [5.41, 5.74) is 2.51. The van der Waals surface area contributed by atoms with E-state index in [2.05, 4.69) is 41.0 Å². The van der Waals surface area contributed by atoms with Gasteiger partial charge in [-0.3, -0.25) is 4.90 Å². The zero-order valence-corrected chi connectivity index (χ0v) is 10.5. The zero-order chi connectivity index (χ0) is 12.0. The highest BCUT2D eigenvalue weighted by atomic mass is 16.3. The van der Waals surface area contributed by atoms with Crippen molar-refractivity contribution in [2.75, 3.05) is 38.7 Å². The highest BCUT2D eigenvalue weighted by molar-refractivity contribution is 5.45. The summed E-state index contributed by atoms with van der Waals surface area (Å²) in [6.07, 6.45) is 0. The maximum absolute atomic E-state index is 8.91. The van der Waals surface area contributed by atoms with Crippen LogP contribution < -0.4 is 4.90 Å². The van der Waals surface area contributed by atoms with Gasteiger partial charge in [0.2, 0.25) is 0 Å². The molecule has 3 nitrogen and oxygen atoms in total. The molecule has 3 heteroatoms. The van der Waals surface area contributed by atoms with Crippen LogP contribution in [0.4, 0.5) is 5.69 Å². The molecule has 0 saturated heterocycles. The van der Waals surface area contributed by atoms with E-state index in [1.165, 1.54) is 11.3 Å². The summed E-state index contributed by atoms with van der Waals surface area (Å²) in [6, 6.07) is 8.55. The maximum Gasteiger partial charge on any atom is 0.0558 e. The summed E-state index contributed by atoms with van der Waals surface area (Å²) in [7, 11) is 4.08. The first-order chi connectivity index (χ1) is 7.67. The molecule has 0 aliphatic rings. The Bertz CT molecular complexity index is 295. The molecule has 0 amide bonds. The van der Waals surface area contributed by atoms with Gasteiger partial charge < -0.3 is 10.0 Å². The van der Waals surface area contributed by atoms with E-state index in [-0.39, 0.29) is 6.61 Å². The van der Waals surface area contributed by atoms with E-state index in [1.54, 1.807) is 0 Å². The average molecular weight is 222 g/mol. The van der Waals surface area contributed by atoms with Crippen molar-refractivity contribution in [1.29, 1.82) is 0 Å². The number of hydrogen-bond acceptors (Lipinski definition) is 3. The molecular weight excluding hydrogens is 200 g/mol. The number of hydrogen-bond donors (Lipinski definition) is 1. The summed E-state index contributed by atoms with van der Waals surface area (Å²) in [4.78, 5) is 4.32. The lowest BCUT2D eigenvalue weighted by Crippen LogP contribution is -2.26. The zero-order valence-electron chi connectivity index (χ0n) is 10.5. The minimum absolute atomic E-state index is 0.226. The highest BCUT2D eigenvalue weighted by Gasteiger charge is 2.03. The molecule has 0 radical (unpaired) electrons. The summed E-state index contributed by atoms with van der Waals surface area (Å²) < 4.78 is 0. The van der Waals surface area contributed by atoms with E-state index in [1.807, 2.05) is 14.1 Å². The van der Waals surface area contributed by atoms with Gasteiger partial charge in [-0.05, 0) is 24.2 Å². The first kappa shape index (κ1) is 13.0. The predicted molar refractivity (Wildman–Crippen MR) is 68.8 cm³/mol. The minimum Gasteiger partial charge on any atom is -0.395 e. The monoisotopic (exact) mass is 222 g/mol. The van der Waals surface area contributed by atoms with Crippen molar-refractivity contribution >= 4 is 5.69 Å². The third kappa shape index (κ3) is 3.83.